The second-order valence-corrected chi connectivity index (χ2v) is 0. The Morgan fingerprint density at radius 2 is 1.00 bits per heavy atom. The molecule has 0 amide bonds. The van der Waals surface area contributed by atoms with Crippen LogP contribution >= 0.6 is 0 Å². The molecule has 0 aliphatic rings. The van der Waals surface area contributed by atoms with Crippen molar-refractivity contribution < 1.29 is 77.9 Å². The van der Waals surface area contributed by atoms with Gasteiger partial charge in [0.15, 0.2) is 0 Å². The largest absolute Gasteiger partial charge is 0 e. The molecule has 0 atom stereocenters. The van der Waals surface area contributed by atoms with Crippen molar-refractivity contribution in [2.45, 2.75) is 0 Å². The molecule has 0 N–H and O–H groups in total. The molecule has 0 saturated carbocycles. The van der Waals surface area contributed by atoms with Gasteiger partial charge in [0.2, 0.25) is 0 Å². The summed E-state index contributed by atoms with van der Waals surface area (Å²) in [6.07, 6.45) is 0. The van der Waals surface area contributed by atoms with Crippen LogP contribution in [-0.4, -0.2) is 28.3 Å². The molecule has 0 aromatic heterocycles. The molecule has 0 aromatic rings. The van der Waals surface area contributed by atoms with Crippen molar-refractivity contribution in [1.82, 2.24) is 0 Å². The smallest absolute Gasteiger partial charge is 0 e. The normalized spacial score (nSPS) is 0. The van der Waals surface area contributed by atoms with Crippen LogP contribution in [0.2, 0.25) is 0 Å². The van der Waals surface area contributed by atoms with Gasteiger partial charge in [0.05, 0.1) is 0 Å². The number of hydrogen-bond donors (Lipinski definition) is 0. The Hall–Kier alpha value is 3.23. The van der Waals surface area contributed by atoms with E-state index in [2.05, 4.69) is 0 Å². The topological polar surface area (TPSA) is 0 Å². The standard InChI is InChI=1S/Al.Cr.Fe.Mo.Nb.Si. The van der Waals surface area contributed by atoms with Crippen molar-refractivity contribution in [3.8, 4) is 0 Å². The summed E-state index contributed by atoms with van der Waals surface area (Å²) in [6.45, 7) is 0. The maximum absolute atomic E-state index is 0. The third-order valence-corrected chi connectivity index (χ3v) is 0. The fourth-order valence-electron chi connectivity index (χ4n) is 0. The third-order valence-electron chi connectivity index (χ3n) is 0. The summed E-state index contributed by atoms with van der Waals surface area (Å²) in [4.78, 5) is 0. The molecule has 0 aliphatic heterocycles. The Bertz CT molecular complexity index is 15.5. The predicted octanol–water partition coefficient (Wildman–Crippen LogP) is -0.772. The summed E-state index contributed by atoms with van der Waals surface area (Å²) < 4.78 is 0. The number of rotatable bonds is 0. The van der Waals surface area contributed by atoms with Crippen LogP contribution in [0.4, 0.5) is 0 Å². The van der Waals surface area contributed by atoms with Crippen LogP contribution < -0.4 is 0 Å². The summed E-state index contributed by atoms with van der Waals surface area (Å²) in [7, 11) is 0. The zero-order valence-corrected chi connectivity index (χ0v) is 11.4. The zero-order chi connectivity index (χ0) is 0. The van der Waals surface area contributed by atoms with Gasteiger partial charge < -0.3 is 0 Å². The Balaban J connectivity index is 0. The molecule has 6 heteroatoms. The first-order valence-electron chi connectivity index (χ1n) is 0. The minimum Gasteiger partial charge on any atom is 0 e. The maximum Gasteiger partial charge on any atom is 0 e. The Labute approximate surface area is 105 Å². The summed E-state index contributed by atoms with van der Waals surface area (Å²) >= 11 is 0. The quantitative estimate of drug-likeness (QED) is 0.503. The van der Waals surface area contributed by atoms with E-state index in [4.69, 9.17) is 0 Å². The average Bonchev–Trinajstić information content (AvgIpc) is 0. The SMILES string of the molecule is [Al].[Cr].[Fe].[Mo].[Nb].[Si]. The molecule has 0 bridgehead atoms. The van der Waals surface area contributed by atoms with Crippen LogP contribution in [0.3, 0.4) is 0 Å². The van der Waals surface area contributed by atoms with Gasteiger partial charge in [-0.1, -0.05) is 0 Å². The van der Waals surface area contributed by atoms with Gasteiger partial charge in [0.1, 0.15) is 0 Å². The molecule has 0 nitrogen and oxygen atoms in total. The number of hydrogen-bond acceptors (Lipinski definition) is 0. The van der Waals surface area contributed by atoms with Crippen molar-refractivity contribution in [1.29, 1.82) is 0 Å². The van der Waals surface area contributed by atoms with E-state index >= 15 is 0 Å². The van der Waals surface area contributed by atoms with E-state index in [-0.39, 0.29) is 106 Å². The second-order valence-electron chi connectivity index (χ2n) is 0. The van der Waals surface area contributed by atoms with Crippen molar-refractivity contribution in [2.75, 3.05) is 0 Å². The minimum atomic E-state index is 0. The van der Waals surface area contributed by atoms with Crippen LogP contribution in [0.25, 0.3) is 0 Å². The van der Waals surface area contributed by atoms with Crippen LogP contribution in [0.5, 0.6) is 0 Å². The minimum absolute atomic E-state index is 0. The van der Waals surface area contributed by atoms with E-state index in [1.807, 2.05) is 0 Å². The van der Waals surface area contributed by atoms with Crippen LogP contribution in [0.15, 0.2) is 0 Å². The molecule has 0 aromatic carbocycles. The molecule has 8 radical (unpaired) electrons. The molecule has 0 saturated heterocycles. The molecular weight excluding hydrogens is 352 g/mol. The summed E-state index contributed by atoms with van der Waals surface area (Å²) in [6, 6.07) is 0. The van der Waals surface area contributed by atoms with Gasteiger partial charge in [-0.2, -0.15) is 0 Å². The van der Waals surface area contributed by atoms with Crippen molar-refractivity contribution in [3.05, 3.63) is 0 Å². The molecule has 0 spiro atoms. The molecule has 0 aliphatic carbocycles. The molecule has 0 rings (SSSR count). The summed E-state index contributed by atoms with van der Waals surface area (Å²) in [5.74, 6) is 0. The fraction of sp³-hybridized carbons (Fsp3) is 0. The molecule has 0 unspecified atom stereocenters. The van der Waals surface area contributed by atoms with Crippen molar-refractivity contribution in [3.63, 3.8) is 0 Å². The van der Waals surface area contributed by atoms with E-state index < -0.39 is 0 Å². The summed E-state index contributed by atoms with van der Waals surface area (Å²) in [5.41, 5.74) is 0. The monoisotopic (exact) mass is 354 g/mol. The first kappa shape index (κ1) is 59.9. The van der Waals surface area contributed by atoms with E-state index in [0.29, 0.717) is 0 Å². The van der Waals surface area contributed by atoms with Crippen molar-refractivity contribution in [2.24, 2.45) is 0 Å². The first-order chi connectivity index (χ1) is 0. The van der Waals surface area contributed by atoms with Gasteiger partial charge >= 0.3 is 0 Å². The van der Waals surface area contributed by atoms with Gasteiger partial charge in [-0.05, 0) is 0 Å². The Kier molecular flexibility index (Phi) is 412. The average molecular weight is 352 g/mol. The Morgan fingerprint density at radius 1 is 1.00 bits per heavy atom. The van der Waals surface area contributed by atoms with Crippen molar-refractivity contribution >= 4 is 28.3 Å². The van der Waals surface area contributed by atoms with E-state index in [0.717, 1.165) is 0 Å². The summed E-state index contributed by atoms with van der Waals surface area (Å²) in [5, 5.41) is 0. The second kappa shape index (κ2) is 41.2. The molecular formula is AlCrFeMoNbSi. The van der Waals surface area contributed by atoms with Gasteiger partial charge in [0, 0.05) is 106 Å². The molecule has 32 valence electrons. The third kappa shape index (κ3) is 26.9. The van der Waals surface area contributed by atoms with E-state index in [1.165, 1.54) is 0 Å². The van der Waals surface area contributed by atoms with Gasteiger partial charge in [-0.25, -0.2) is 0 Å². The van der Waals surface area contributed by atoms with E-state index in [9.17, 15) is 0 Å². The van der Waals surface area contributed by atoms with Gasteiger partial charge in [-0.15, -0.1) is 0 Å². The molecule has 0 fully saturated rings. The van der Waals surface area contributed by atoms with Crippen LogP contribution in [0, 0.1) is 0 Å². The van der Waals surface area contributed by atoms with Crippen LogP contribution in [-0.2, 0) is 77.9 Å². The predicted molar refractivity (Wildman–Crippen MR) is 11.5 cm³/mol. The zero-order valence-electron chi connectivity index (χ0n) is 2.69. The molecule has 6 heavy (non-hydrogen) atoms. The first-order valence-corrected chi connectivity index (χ1v) is 0. The van der Waals surface area contributed by atoms with E-state index in [1.54, 1.807) is 0 Å². The van der Waals surface area contributed by atoms with Crippen LogP contribution in [0.1, 0.15) is 0 Å². The van der Waals surface area contributed by atoms with Gasteiger partial charge in [-0.3, -0.25) is 0 Å². The Morgan fingerprint density at radius 3 is 1.00 bits per heavy atom. The van der Waals surface area contributed by atoms with Gasteiger partial charge in [0.25, 0.3) is 0 Å². The maximum atomic E-state index is 0. The fourth-order valence-corrected chi connectivity index (χ4v) is 0. The molecule has 0 heterocycles.